The van der Waals surface area contributed by atoms with Gasteiger partial charge in [-0.2, -0.15) is 10.5 Å². The lowest BCUT2D eigenvalue weighted by Gasteiger charge is -2.30. The highest BCUT2D eigenvalue weighted by molar-refractivity contribution is 5.00. The Morgan fingerprint density at radius 1 is 0.656 bits per heavy atom. The molecule has 186 valence electrons. The van der Waals surface area contributed by atoms with Gasteiger partial charge in [-0.05, 0) is 12.8 Å². The van der Waals surface area contributed by atoms with E-state index in [0.29, 0.717) is 6.61 Å². The zero-order chi connectivity index (χ0) is 23.9. The molecule has 0 aliphatic carbocycles. The average Bonchev–Trinajstić information content (AvgIpc) is 2.77. The van der Waals surface area contributed by atoms with Crippen LogP contribution in [0.1, 0.15) is 116 Å². The van der Waals surface area contributed by atoms with Crippen LogP contribution in [0, 0.1) is 28.6 Å². The van der Waals surface area contributed by atoms with Gasteiger partial charge >= 0.3 is 0 Å². The van der Waals surface area contributed by atoms with E-state index in [9.17, 15) is 5.11 Å². The van der Waals surface area contributed by atoms with Gasteiger partial charge in [0.15, 0.2) is 12.2 Å². The highest BCUT2D eigenvalue weighted by atomic mass is 16.6. The Hall–Kier alpha value is -1.14. The minimum absolute atomic E-state index is 0.377. The van der Waals surface area contributed by atoms with Gasteiger partial charge < -0.3 is 14.3 Å². The molecule has 0 saturated heterocycles. The molecule has 0 heterocycles. The number of ether oxygens (including phenoxy) is 1. The van der Waals surface area contributed by atoms with Gasteiger partial charge in [0.1, 0.15) is 0 Å². The smallest absolute Gasteiger partial charge is 0.183 e. The van der Waals surface area contributed by atoms with Crippen LogP contribution in [-0.4, -0.2) is 49.7 Å². The first kappa shape index (κ1) is 30.9. The minimum atomic E-state index is -1.30. The number of aliphatic hydroxyl groups is 1. The van der Waals surface area contributed by atoms with E-state index in [0.717, 1.165) is 24.0 Å². The van der Waals surface area contributed by atoms with Crippen LogP contribution in [0.15, 0.2) is 0 Å². The van der Waals surface area contributed by atoms with Crippen molar-refractivity contribution in [2.45, 2.75) is 122 Å². The predicted molar refractivity (Wildman–Crippen MR) is 133 cm³/mol. The van der Waals surface area contributed by atoms with E-state index in [1.54, 1.807) is 12.1 Å². The van der Waals surface area contributed by atoms with E-state index < -0.39 is 12.2 Å². The zero-order valence-electron chi connectivity index (χ0n) is 21.5. The van der Waals surface area contributed by atoms with Crippen LogP contribution in [0.2, 0.25) is 0 Å². The van der Waals surface area contributed by atoms with E-state index in [4.69, 9.17) is 15.3 Å². The largest absolute Gasteiger partial charge is 0.366 e. The molecule has 0 spiro atoms. The minimum Gasteiger partial charge on any atom is -0.366 e. The number of rotatable bonds is 23. The fourth-order valence-electron chi connectivity index (χ4n) is 4.15. The van der Waals surface area contributed by atoms with E-state index in [1.165, 1.54) is 103 Å². The van der Waals surface area contributed by atoms with Crippen molar-refractivity contribution in [2.24, 2.45) is 5.92 Å². The molecule has 0 aliphatic rings. The summed E-state index contributed by atoms with van der Waals surface area (Å²) in [7, 11) is 4.46. The second-order valence-electron chi connectivity index (χ2n) is 10.0. The van der Waals surface area contributed by atoms with Gasteiger partial charge in [0.05, 0.1) is 45.9 Å². The van der Waals surface area contributed by atoms with E-state index in [1.807, 2.05) is 0 Å². The lowest BCUT2D eigenvalue weighted by Crippen LogP contribution is -2.41. The van der Waals surface area contributed by atoms with Crippen molar-refractivity contribution in [3.8, 4) is 12.1 Å². The molecule has 1 atom stereocenters. The molecular weight excluding hydrogens is 398 g/mol. The predicted octanol–water partition coefficient (Wildman–Crippen LogP) is 6.71. The molecule has 0 rings (SSSR count). The summed E-state index contributed by atoms with van der Waals surface area (Å²) in [6.45, 7) is 4.78. The number of nitriles is 2. The molecular formula is C27H52N3O2+. The van der Waals surface area contributed by atoms with Crippen LogP contribution < -0.4 is 0 Å². The Morgan fingerprint density at radius 2 is 1.03 bits per heavy atom. The summed E-state index contributed by atoms with van der Waals surface area (Å²) < 4.78 is 6.16. The van der Waals surface area contributed by atoms with Gasteiger partial charge in [-0.1, -0.05) is 96.8 Å². The Kier molecular flexibility index (Phi) is 20.9. The molecule has 0 amide bonds. The van der Waals surface area contributed by atoms with Crippen molar-refractivity contribution in [2.75, 3.05) is 33.8 Å². The molecule has 5 heteroatoms. The van der Waals surface area contributed by atoms with Crippen molar-refractivity contribution in [1.82, 2.24) is 0 Å². The SMILES string of the molecule is CCCCCCCCCCCCCCCCCC[N+](C)(C)CCCOC(O)C(C#N)C#N. The van der Waals surface area contributed by atoms with Gasteiger partial charge in [0, 0.05) is 6.42 Å². The fourth-order valence-corrected chi connectivity index (χ4v) is 4.15. The summed E-state index contributed by atoms with van der Waals surface area (Å²) in [5.74, 6) is -1.11. The van der Waals surface area contributed by atoms with E-state index in [-0.39, 0.29) is 0 Å². The molecule has 1 N–H and O–H groups in total. The maximum absolute atomic E-state index is 9.63. The second-order valence-corrected chi connectivity index (χ2v) is 10.0. The van der Waals surface area contributed by atoms with Crippen LogP contribution in [0.25, 0.3) is 0 Å². The Balaban J connectivity index is 3.43. The molecule has 5 nitrogen and oxygen atoms in total. The summed E-state index contributed by atoms with van der Waals surface area (Å²) in [4.78, 5) is 0. The second kappa shape index (κ2) is 21.7. The molecule has 0 aromatic carbocycles. The van der Waals surface area contributed by atoms with Crippen LogP contribution >= 0.6 is 0 Å². The Labute approximate surface area is 199 Å². The summed E-state index contributed by atoms with van der Waals surface area (Å²) in [6.07, 6.45) is 21.8. The van der Waals surface area contributed by atoms with Crippen molar-refractivity contribution in [1.29, 1.82) is 10.5 Å². The number of aliphatic hydroxyl groups excluding tert-OH is 1. The van der Waals surface area contributed by atoms with Crippen molar-refractivity contribution >= 4 is 0 Å². The molecule has 0 aliphatic heterocycles. The zero-order valence-corrected chi connectivity index (χ0v) is 21.5. The van der Waals surface area contributed by atoms with Crippen molar-refractivity contribution in [3.63, 3.8) is 0 Å². The molecule has 1 unspecified atom stereocenters. The Morgan fingerprint density at radius 3 is 1.44 bits per heavy atom. The van der Waals surface area contributed by atoms with Gasteiger partial charge in [0.25, 0.3) is 0 Å². The van der Waals surface area contributed by atoms with Crippen LogP contribution in [0.4, 0.5) is 0 Å². The molecule has 0 radical (unpaired) electrons. The Bertz CT molecular complexity index is 482. The van der Waals surface area contributed by atoms with E-state index >= 15 is 0 Å². The highest BCUT2D eigenvalue weighted by Crippen LogP contribution is 2.14. The summed E-state index contributed by atoms with van der Waals surface area (Å²) in [6, 6.07) is 3.48. The lowest BCUT2D eigenvalue weighted by atomic mass is 10.0. The standard InChI is InChI=1S/C27H52N3O2/c1-4-5-6-7-8-9-10-11-12-13-14-15-16-17-18-19-21-30(2,3)22-20-23-32-27(31)26(24-28)25-29/h26-27,31H,4-23H2,1-3H3/q+1. The third-order valence-electron chi connectivity index (χ3n) is 6.38. The van der Waals surface area contributed by atoms with Crippen LogP contribution in [0.3, 0.4) is 0 Å². The highest BCUT2D eigenvalue weighted by Gasteiger charge is 2.19. The van der Waals surface area contributed by atoms with Gasteiger partial charge in [-0.15, -0.1) is 0 Å². The number of nitrogens with zero attached hydrogens (tertiary/aromatic N) is 3. The molecule has 0 aromatic rings. The fraction of sp³-hybridized carbons (Fsp3) is 0.926. The maximum atomic E-state index is 9.63. The summed E-state index contributed by atoms with van der Waals surface area (Å²) in [5.41, 5.74) is 0. The lowest BCUT2D eigenvalue weighted by molar-refractivity contribution is -0.890. The first-order valence-electron chi connectivity index (χ1n) is 13.4. The number of unbranched alkanes of at least 4 members (excludes halogenated alkanes) is 15. The molecule has 0 saturated carbocycles. The average molecular weight is 451 g/mol. The van der Waals surface area contributed by atoms with Crippen molar-refractivity contribution < 1.29 is 14.3 Å². The molecule has 32 heavy (non-hydrogen) atoms. The quantitative estimate of drug-likeness (QED) is 0.107. The first-order chi connectivity index (χ1) is 15.5. The number of quaternary nitrogens is 1. The molecule has 0 aromatic heterocycles. The summed E-state index contributed by atoms with van der Waals surface area (Å²) >= 11 is 0. The van der Waals surface area contributed by atoms with Crippen LogP contribution in [0.5, 0.6) is 0 Å². The normalized spacial score (nSPS) is 12.6. The monoisotopic (exact) mass is 450 g/mol. The van der Waals surface area contributed by atoms with Crippen molar-refractivity contribution in [3.05, 3.63) is 0 Å². The maximum Gasteiger partial charge on any atom is 0.183 e. The van der Waals surface area contributed by atoms with E-state index in [2.05, 4.69) is 21.0 Å². The van der Waals surface area contributed by atoms with Gasteiger partial charge in [0.2, 0.25) is 0 Å². The molecule has 0 fully saturated rings. The van der Waals surface area contributed by atoms with Crippen LogP contribution in [-0.2, 0) is 4.74 Å². The van der Waals surface area contributed by atoms with Gasteiger partial charge in [-0.25, -0.2) is 0 Å². The third kappa shape index (κ3) is 19.5. The number of hydrogen-bond acceptors (Lipinski definition) is 4. The van der Waals surface area contributed by atoms with Gasteiger partial charge in [-0.3, -0.25) is 0 Å². The number of hydrogen-bond donors (Lipinski definition) is 1. The molecule has 0 bridgehead atoms. The topological polar surface area (TPSA) is 77.0 Å². The third-order valence-corrected chi connectivity index (χ3v) is 6.38. The summed E-state index contributed by atoms with van der Waals surface area (Å²) in [5, 5.41) is 27.1. The first-order valence-corrected chi connectivity index (χ1v) is 13.4.